The fourth-order valence-electron chi connectivity index (χ4n) is 1.51. The number of hydrogen-bond donors (Lipinski definition) is 2. The maximum Gasteiger partial charge on any atom is 0.224 e. The maximum absolute atomic E-state index is 12.9. The van der Waals surface area contributed by atoms with E-state index in [1.165, 1.54) is 12.1 Å². The van der Waals surface area contributed by atoms with Crippen molar-refractivity contribution in [2.45, 2.75) is 32.9 Å². The zero-order valence-electron chi connectivity index (χ0n) is 11.1. The Labute approximate surface area is 124 Å². The van der Waals surface area contributed by atoms with E-state index < -0.39 is 5.82 Å². The molecule has 0 aromatic heterocycles. The molecular weight excluding hydrogens is 290 g/mol. The Morgan fingerprint density at radius 3 is 2.42 bits per heavy atom. The van der Waals surface area contributed by atoms with E-state index in [0.29, 0.717) is 10.6 Å². The predicted molar refractivity (Wildman–Crippen MR) is 78.0 cm³/mol. The van der Waals surface area contributed by atoms with Crippen molar-refractivity contribution in [2.24, 2.45) is 11.7 Å². The number of nitrogens with one attached hydrogen (secondary N) is 1. The molecule has 1 aromatic rings. The van der Waals surface area contributed by atoms with Gasteiger partial charge in [-0.1, -0.05) is 24.6 Å². The van der Waals surface area contributed by atoms with Gasteiger partial charge in [-0.05, 0) is 31.5 Å². The summed E-state index contributed by atoms with van der Waals surface area (Å²) in [5.41, 5.74) is 6.35. The first-order valence-electron chi connectivity index (χ1n) is 5.83. The zero-order valence-corrected chi connectivity index (χ0v) is 12.7. The normalized spacial score (nSPS) is 15.1. The molecule has 0 spiro atoms. The van der Waals surface area contributed by atoms with E-state index in [1.807, 2.05) is 0 Å². The first-order valence-corrected chi connectivity index (χ1v) is 6.21. The van der Waals surface area contributed by atoms with Gasteiger partial charge in [-0.25, -0.2) is 4.39 Å². The minimum atomic E-state index is -0.397. The Hall–Kier alpha value is -0.840. The minimum absolute atomic E-state index is 0. The van der Waals surface area contributed by atoms with E-state index in [4.69, 9.17) is 17.3 Å². The van der Waals surface area contributed by atoms with Crippen LogP contribution >= 0.6 is 24.0 Å². The highest BCUT2D eigenvalue weighted by Crippen LogP contribution is 2.23. The molecule has 108 valence electrons. The SMILES string of the molecule is CC(NC(=O)C(C)C(C)N)c1ccc(F)cc1Cl.Cl. The Morgan fingerprint density at radius 2 is 1.95 bits per heavy atom. The molecule has 3 unspecified atom stereocenters. The second-order valence-electron chi connectivity index (χ2n) is 4.54. The number of nitrogens with two attached hydrogens (primary N) is 1. The van der Waals surface area contributed by atoms with Gasteiger partial charge < -0.3 is 11.1 Å². The highest BCUT2D eigenvalue weighted by molar-refractivity contribution is 6.31. The molecule has 0 aliphatic rings. The van der Waals surface area contributed by atoms with Gasteiger partial charge in [-0.15, -0.1) is 12.4 Å². The number of halogens is 3. The molecule has 0 saturated carbocycles. The van der Waals surface area contributed by atoms with Crippen molar-refractivity contribution in [3.8, 4) is 0 Å². The number of rotatable bonds is 4. The smallest absolute Gasteiger partial charge is 0.224 e. The van der Waals surface area contributed by atoms with Crippen LogP contribution in [0.15, 0.2) is 18.2 Å². The lowest BCUT2D eigenvalue weighted by Crippen LogP contribution is -2.39. The number of benzene rings is 1. The summed E-state index contributed by atoms with van der Waals surface area (Å²) in [7, 11) is 0. The average Bonchev–Trinajstić information content (AvgIpc) is 2.27. The third-order valence-corrected chi connectivity index (χ3v) is 3.32. The molecular formula is C13H19Cl2FN2O. The summed E-state index contributed by atoms with van der Waals surface area (Å²) in [5.74, 6) is -0.823. The van der Waals surface area contributed by atoms with Crippen LogP contribution in [0.5, 0.6) is 0 Å². The Kier molecular flexibility index (Phi) is 7.34. The van der Waals surface area contributed by atoms with Crippen molar-refractivity contribution < 1.29 is 9.18 Å². The number of amides is 1. The van der Waals surface area contributed by atoms with E-state index >= 15 is 0 Å². The second-order valence-corrected chi connectivity index (χ2v) is 4.95. The molecule has 0 bridgehead atoms. The predicted octanol–water partition coefficient (Wildman–Crippen LogP) is 3.06. The molecule has 0 radical (unpaired) electrons. The molecule has 0 aliphatic carbocycles. The van der Waals surface area contributed by atoms with Gasteiger partial charge in [-0.2, -0.15) is 0 Å². The summed E-state index contributed by atoms with van der Waals surface area (Å²) in [6, 6.07) is 3.61. The van der Waals surface area contributed by atoms with Gasteiger partial charge in [0.25, 0.3) is 0 Å². The molecule has 3 N–H and O–H groups in total. The fourth-order valence-corrected chi connectivity index (χ4v) is 1.84. The van der Waals surface area contributed by atoms with Gasteiger partial charge in [0.15, 0.2) is 0 Å². The van der Waals surface area contributed by atoms with Crippen LogP contribution in [0.25, 0.3) is 0 Å². The minimum Gasteiger partial charge on any atom is -0.349 e. The number of carbonyl (C=O) groups is 1. The quantitative estimate of drug-likeness (QED) is 0.898. The van der Waals surface area contributed by atoms with Gasteiger partial charge in [0.2, 0.25) is 5.91 Å². The summed E-state index contributed by atoms with van der Waals surface area (Å²) < 4.78 is 12.9. The first kappa shape index (κ1) is 18.2. The molecule has 0 fully saturated rings. The van der Waals surface area contributed by atoms with Crippen molar-refractivity contribution in [3.05, 3.63) is 34.6 Å². The summed E-state index contributed by atoms with van der Waals surface area (Å²) in [6.07, 6.45) is 0. The van der Waals surface area contributed by atoms with Crippen molar-refractivity contribution >= 4 is 29.9 Å². The Balaban J connectivity index is 0.00000324. The largest absolute Gasteiger partial charge is 0.349 e. The van der Waals surface area contributed by atoms with Crippen molar-refractivity contribution in [1.82, 2.24) is 5.32 Å². The molecule has 1 amide bonds. The lowest BCUT2D eigenvalue weighted by molar-refractivity contribution is -0.125. The van der Waals surface area contributed by atoms with Crippen LogP contribution in [0.4, 0.5) is 4.39 Å². The van der Waals surface area contributed by atoms with E-state index in [9.17, 15) is 9.18 Å². The molecule has 1 aromatic carbocycles. The summed E-state index contributed by atoms with van der Waals surface area (Å²) >= 11 is 5.93. The maximum atomic E-state index is 12.9. The van der Waals surface area contributed by atoms with Crippen molar-refractivity contribution in [3.63, 3.8) is 0 Å². The topological polar surface area (TPSA) is 55.1 Å². The second kappa shape index (κ2) is 7.68. The third kappa shape index (κ3) is 4.97. The lowest BCUT2D eigenvalue weighted by Gasteiger charge is -2.20. The summed E-state index contributed by atoms with van der Waals surface area (Å²) in [5, 5.41) is 3.11. The molecule has 0 heterocycles. The summed E-state index contributed by atoms with van der Waals surface area (Å²) in [4.78, 5) is 11.8. The van der Waals surface area contributed by atoms with Crippen LogP contribution in [-0.2, 0) is 4.79 Å². The lowest BCUT2D eigenvalue weighted by atomic mass is 10.0. The highest BCUT2D eigenvalue weighted by Gasteiger charge is 2.20. The molecule has 3 nitrogen and oxygen atoms in total. The first-order chi connectivity index (χ1) is 8.32. The molecule has 1 rings (SSSR count). The standard InChI is InChI=1S/C13H18ClFN2O.ClH/c1-7(8(2)16)13(18)17-9(3)11-5-4-10(15)6-12(11)14;/h4-9H,16H2,1-3H3,(H,17,18);1H. The van der Waals surface area contributed by atoms with Crippen LogP contribution < -0.4 is 11.1 Å². The van der Waals surface area contributed by atoms with E-state index in [2.05, 4.69) is 5.32 Å². The Morgan fingerprint density at radius 1 is 1.37 bits per heavy atom. The van der Waals surface area contributed by atoms with Gasteiger partial charge >= 0.3 is 0 Å². The van der Waals surface area contributed by atoms with Crippen LogP contribution in [0.1, 0.15) is 32.4 Å². The molecule has 0 saturated heterocycles. The van der Waals surface area contributed by atoms with Crippen molar-refractivity contribution in [2.75, 3.05) is 0 Å². The van der Waals surface area contributed by atoms with Crippen LogP contribution in [-0.4, -0.2) is 11.9 Å². The number of hydrogen-bond acceptors (Lipinski definition) is 2. The monoisotopic (exact) mass is 308 g/mol. The molecule has 19 heavy (non-hydrogen) atoms. The Bertz CT molecular complexity index is 441. The van der Waals surface area contributed by atoms with E-state index in [0.717, 1.165) is 0 Å². The van der Waals surface area contributed by atoms with Gasteiger partial charge in [0.1, 0.15) is 5.82 Å². The van der Waals surface area contributed by atoms with E-state index in [1.54, 1.807) is 26.8 Å². The number of carbonyl (C=O) groups excluding carboxylic acids is 1. The van der Waals surface area contributed by atoms with Gasteiger partial charge in [-0.3, -0.25) is 4.79 Å². The third-order valence-electron chi connectivity index (χ3n) is 2.99. The molecule has 3 atom stereocenters. The summed E-state index contributed by atoms with van der Waals surface area (Å²) in [6.45, 7) is 5.34. The zero-order chi connectivity index (χ0) is 13.9. The van der Waals surface area contributed by atoms with E-state index in [-0.39, 0.29) is 36.3 Å². The average molecular weight is 309 g/mol. The molecule has 6 heteroatoms. The van der Waals surface area contributed by atoms with Crippen LogP contribution in [0, 0.1) is 11.7 Å². The highest BCUT2D eigenvalue weighted by atomic mass is 35.5. The van der Waals surface area contributed by atoms with Crippen LogP contribution in [0.2, 0.25) is 5.02 Å². The van der Waals surface area contributed by atoms with Crippen molar-refractivity contribution in [1.29, 1.82) is 0 Å². The fraction of sp³-hybridized carbons (Fsp3) is 0.462. The molecule has 0 aliphatic heterocycles. The van der Waals surface area contributed by atoms with Crippen LogP contribution in [0.3, 0.4) is 0 Å². The van der Waals surface area contributed by atoms with Gasteiger partial charge in [0.05, 0.1) is 6.04 Å². The van der Waals surface area contributed by atoms with Gasteiger partial charge in [0, 0.05) is 17.0 Å².